The average Bonchev–Trinajstić information content (AvgIpc) is 2.71. The number of nitrogens with zero attached hydrogens (tertiary/aromatic N) is 1. The lowest BCUT2D eigenvalue weighted by Gasteiger charge is -2.13. The van der Waals surface area contributed by atoms with Gasteiger partial charge in [0.2, 0.25) is 5.91 Å². The average molecular weight is 380 g/mol. The fourth-order valence-corrected chi connectivity index (χ4v) is 3.60. The number of hydrogen-bond acceptors (Lipinski definition) is 2. The maximum absolute atomic E-state index is 11.7. The monoisotopic (exact) mass is 380 g/mol. The lowest BCUT2D eigenvalue weighted by Crippen LogP contribution is -2.22. The van der Waals surface area contributed by atoms with Crippen molar-refractivity contribution < 1.29 is 4.79 Å². The van der Waals surface area contributed by atoms with Gasteiger partial charge in [0, 0.05) is 28.5 Å². The Labute approximate surface area is 171 Å². The molecule has 3 nitrogen and oxygen atoms in total. The molecule has 0 spiro atoms. The molecule has 0 unspecified atom stereocenters. The number of nitrogens with one attached hydrogen (secondary N) is 1. The fourth-order valence-electron chi connectivity index (χ4n) is 3.60. The van der Waals surface area contributed by atoms with Crippen molar-refractivity contribution in [1.82, 2.24) is 10.3 Å². The van der Waals surface area contributed by atoms with Gasteiger partial charge in [-0.15, -0.1) is 0 Å². The molecule has 0 radical (unpaired) electrons. The van der Waals surface area contributed by atoms with Crippen LogP contribution in [0, 0.1) is 13.8 Å². The van der Waals surface area contributed by atoms with E-state index in [0.717, 1.165) is 32.9 Å². The Bertz CT molecular complexity index is 1190. The minimum Gasteiger partial charge on any atom is -0.348 e. The van der Waals surface area contributed by atoms with Crippen LogP contribution >= 0.6 is 0 Å². The van der Waals surface area contributed by atoms with Gasteiger partial charge in [0.15, 0.2) is 0 Å². The van der Waals surface area contributed by atoms with Crippen LogP contribution in [0.25, 0.3) is 32.9 Å². The largest absolute Gasteiger partial charge is 0.348 e. The number of amides is 1. The topological polar surface area (TPSA) is 42.0 Å². The first kappa shape index (κ1) is 18.9. The van der Waals surface area contributed by atoms with Gasteiger partial charge in [-0.25, -0.2) is 4.98 Å². The molecule has 3 aromatic carbocycles. The lowest BCUT2D eigenvalue weighted by atomic mass is 9.94. The zero-order valence-electron chi connectivity index (χ0n) is 17.0. The summed E-state index contributed by atoms with van der Waals surface area (Å²) in [6.07, 6.45) is 0. The summed E-state index contributed by atoms with van der Waals surface area (Å²) < 4.78 is 0. The van der Waals surface area contributed by atoms with Crippen molar-refractivity contribution in [2.24, 2.45) is 0 Å². The molecular weight excluding hydrogens is 356 g/mol. The molecule has 29 heavy (non-hydrogen) atoms. The van der Waals surface area contributed by atoms with E-state index in [4.69, 9.17) is 4.98 Å². The van der Waals surface area contributed by atoms with Crippen molar-refractivity contribution in [3.63, 3.8) is 0 Å². The quantitative estimate of drug-likeness (QED) is 0.356. The van der Waals surface area contributed by atoms with E-state index in [1.54, 1.807) is 6.92 Å². The van der Waals surface area contributed by atoms with Gasteiger partial charge in [-0.05, 0) is 56.2 Å². The van der Waals surface area contributed by atoms with Crippen LogP contribution in [0.5, 0.6) is 0 Å². The summed E-state index contributed by atoms with van der Waals surface area (Å²) >= 11 is 0. The molecule has 1 heterocycles. The molecule has 0 atom stereocenters. The molecule has 4 aromatic rings. The number of carbonyl (C=O) groups excluding carboxylic acids is 1. The molecule has 0 aliphatic rings. The minimum absolute atomic E-state index is 0.119. The van der Waals surface area contributed by atoms with Gasteiger partial charge in [-0.2, -0.15) is 0 Å². The van der Waals surface area contributed by atoms with Crippen molar-refractivity contribution in [2.75, 3.05) is 0 Å². The number of hydrogen-bond donors (Lipinski definition) is 1. The molecule has 144 valence electrons. The van der Waals surface area contributed by atoms with Gasteiger partial charge in [0.1, 0.15) is 0 Å². The minimum atomic E-state index is -0.119. The first-order chi connectivity index (χ1) is 13.9. The number of benzene rings is 3. The SMILES string of the molecule is C=C(C)C(=O)NCc1ccc(-c2c3cc(C)ccc3nc3ccc(C)cc23)cc1. The zero-order chi connectivity index (χ0) is 20.5. The second-order valence-corrected chi connectivity index (χ2v) is 7.69. The summed E-state index contributed by atoms with van der Waals surface area (Å²) in [5.41, 5.74) is 8.35. The van der Waals surface area contributed by atoms with Crippen LogP contribution in [0.1, 0.15) is 23.6 Å². The number of fused-ring (bicyclic) bond motifs is 2. The van der Waals surface area contributed by atoms with E-state index in [9.17, 15) is 4.79 Å². The number of carbonyl (C=O) groups is 1. The standard InChI is InChI=1S/C26H24N2O/c1-16(2)26(29)27-15-19-7-9-20(10-8-19)25-21-13-17(3)5-11-23(21)28-24-12-6-18(4)14-22(24)25/h5-14H,1,15H2,2-4H3,(H,27,29). The third kappa shape index (κ3) is 3.77. The van der Waals surface area contributed by atoms with Crippen LogP contribution < -0.4 is 5.32 Å². The summed E-state index contributed by atoms with van der Waals surface area (Å²) in [7, 11) is 0. The van der Waals surface area contributed by atoms with Gasteiger partial charge in [-0.3, -0.25) is 4.79 Å². The number of rotatable bonds is 4. The number of pyridine rings is 1. The highest BCUT2D eigenvalue weighted by molar-refractivity contribution is 6.09. The number of aromatic nitrogens is 1. The van der Waals surface area contributed by atoms with Crippen LogP contribution in [0.2, 0.25) is 0 Å². The molecule has 3 heteroatoms. The summed E-state index contributed by atoms with van der Waals surface area (Å²) in [4.78, 5) is 16.6. The molecular formula is C26H24N2O. The summed E-state index contributed by atoms with van der Waals surface area (Å²) in [6, 6.07) is 21.2. The molecule has 0 fully saturated rings. The summed E-state index contributed by atoms with van der Waals surface area (Å²) in [5.74, 6) is -0.119. The van der Waals surface area contributed by atoms with Crippen LogP contribution in [0.4, 0.5) is 0 Å². The molecule has 1 aromatic heterocycles. The summed E-state index contributed by atoms with van der Waals surface area (Å²) in [5, 5.41) is 5.20. The van der Waals surface area contributed by atoms with Crippen LogP contribution in [0.15, 0.2) is 72.8 Å². The Balaban J connectivity index is 1.83. The highest BCUT2D eigenvalue weighted by Crippen LogP contribution is 2.35. The first-order valence-electron chi connectivity index (χ1n) is 9.76. The van der Waals surface area contributed by atoms with E-state index in [1.165, 1.54) is 16.7 Å². The van der Waals surface area contributed by atoms with Crippen molar-refractivity contribution in [1.29, 1.82) is 0 Å². The van der Waals surface area contributed by atoms with Crippen LogP contribution in [-0.4, -0.2) is 10.9 Å². The molecule has 0 saturated carbocycles. The van der Waals surface area contributed by atoms with E-state index in [-0.39, 0.29) is 5.91 Å². The molecule has 4 rings (SSSR count). The van der Waals surface area contributed by atoms with Crippen molar-refractivity contribution in [3.05, 3.63) is 89.5 Å². The first-order valence-corrected chi connectivity index (χ1v) is 9.76. The highest BCUT2D eigenvalue weighted by atomic mass is 16.1. The van der Waals surface area contributed by atoms with E-state index < -0.39 is 0 Å². The lowest BCUT2D eigenvalue weighted by molar-refractivity contribution is -0.117. The van der Waals surface area contributed by atoms with Gasteiger partial charge >= 0.3 is 0 Å². The van der Waals surface area contributed by atoms with Gasteiger partial charge in [0.25, 0.3) is 0 Å². The van der Waals surface area contributed by atoms with Crippen molar-refractivity contribution in [2.45, 2.75) is 27.3 Å². The van der Waals surface area contributed by atoms with E-state index in [2.05, 4.69) is 86.4 Å². The highest BCUT2D eigenvalue weighted by Gasteiger charge is 2.12. The van der Waals surface area contributed by atoms with E-state index in [0.29, 0.717) is 12.1 Å². The fraction of sp³-hybridized carbons (Fsp3) is 0.154. The Hall–Kier alpha value is -3.46. The van der Waals surface area contributed by atoms with Gasteiger partial charge in [0.05, 0.1) is 11.0 Å². The Morgan fingerprint density at radius 3 is 1.97 bits per heavy atom. The van der Waals surface area contributed by atoms with E-state index >= 15 is 0 Å². The molecule has 0 aliphatic carbocycles. The third-order valence-corrected chi connectivity index (χ3v) is 5.17. The van der Waals surface area contributed by atoms with Crippen LogP contribution in [0.3, 0.4) is 0 Å². The third-order valence-electron chi connectivity index (χ3n) is 5.17. The second kappa shape index (κ2) is 7.51. The Morgan fingerprint density at radius 2 is 1.45 bits per heavy atom. The number of aryl methyl sites for hydroxylation is 2. The maximum Gasteiger partial charge on any atom is 0.246 e. The zero-order valence-corrected chi connectivity index (χ0v) is 17.0. The van der Waals surface area contributed by atoms with Crippen LogP contribution in [-0.2, 0) is 11.3 Å². The smallest absolute Gasteiger partial charge is 0.246 e. The molecule has 1 amide bonds. The predicted octanol–water partition coefficient (Wildman–Crippen LogP) is 5.86. The van der Waals surface area contributed by atoms with Crippen molar-refractivity contribution in [3.8, 4) is 11.1 Å². The Kier molecular flexibility index (Phi) is 4.89. The van der Waals surface area contributed by atoms with Crippen molar-refractivity contribution >= 4 is 27.7 Å². The Morgan fingerprint density at radius 1 is 0.897 bits per heavy atom. The molecule has 0 bridgehead atoms. The predicted molar refractivity (Wildman–Crippen MR) is 121 cm³/mol. The molecule has 1 N–H and O–H groups in total. The van der Waals surface area contributed by atoms with Gasteiger partial charge in [-0.1, -0.05) is 54.1 Å². The second-order valence-electron chi connectivity index (χ2n) is 7.69. The maximum atomic E-state index is 11.7. The molecule has 0 saturated heterocycles. The van der Waals surface area contributed by atoms with E-state index in [1.807, 2.05) is 0 Å². The molecule has 0 aliphatic heterocycles. The van der Waals surface area contributed by atoms with Gasteiger partial charge < -0.3 is 5.32 Å². The normalized spacial score (nSPS) is 11.0. The summed E-state index contributed by atoms with van der Waals surface area (Å²) in [6.45, 7) is 10.1.